The number of piperazine rings is 1. The molecule has 1 fully saturated rings. The topological polar surface area (TPSA) is 80.8 Å². The zero-order valence-electron chi connectivity index (χ0n) is 18.6. The van der Waals surface area contributed by atoms with E-state index in [0.29, 0.717) is 19.6 Å². The molecule has 0 radical (unpaired) electrons. The molecule has 1 aromatic carbocycles. The molecule has 0 bridgehead atoms. The number of halogens is 1. The van der Waals surface area contributed by atoms with Gasteiger partial charge in [0.15, 0.2) is 0 Å². The lowest BCUT2D eigenvalue weighted by atomic mass is 10.1. The standard InChI is InChI=1S/C23H31FN6O2/c1-28(2)11-10-26-22(31)23(32)27-17-21(18-4-3-9-25-16-18)30-14-12-29(13-15-30)20-7-5-19(24)6-8-20/h3-9,16,21H,10-15,17H2,1-2H3,(H,26,31)(H,27,32)/t21-/m0/s1. The van der Waals surface area contributed by atoms with Gasteiger partial charge >= 0.3 is 11.8 Å². The highest BCUT2D eigenvalue weighted by Crippen LogP contribution is 2.23. The number of likely N-dealkylation sites (N-methyl/N-ethyl adjacent to an activating group) is 1. The van der Waals surface area contributed by atoms with Gasteiger partial charge in [-0.15, -0.1) is 0 Å². The van der Waals surface area contributed by atoms with E-state index in [-0.39, 0.29) is 11.9 Å². The van der Waals surface area contributed by atoms with Crippen molar-refractivity contribution in [2.45, 2.75) is 6.04 Å². The van der Waals surface area contributed by atoms with Crippen LogP contribution in [0.25, 0.3) is 0 Å². The van der Waals surface area contributed by atoms with E-state index in [9.17, 15) is 14.0 Å². The van der Waals surface area contributed by atoms with Crippen molar-refractivity contribution >= 4 is 17.5 Å². The molecule has 0 unspecified atom stereocenters. The van der Waals surface area contributed by atoms with E-state index in [4.69, 9.17) is 0 Å². The van der Waals surface area contributed by atoms with E-state index in [1.807, 2.05) is 31.1 Å². The predicted molar refractivity (Wildman–Crippen MR) is 122 cm³/mol. The van der Waals surface area contributed by atoms with Crippen LogP contribution in [0.4, 0.5) is 10.1 Å². The fourth-order valence-corrected chi connectivity index (χ4v) is 3.72. The Bertz CT molecular complexity index is 870. The molecule has 32 heavy (non-hydrogen) atoms. The lowest BCUT2D eigenvalue weighted by Gasteiger charge is -2.40. The lowest BCUT2D eigenvalue weighted by Crippen LogP contribution is -2.51. The zero-order chi connectivity index (χ0) is 22.9. The third-order valence-electron chi connectivity index (χ3n) is 5.52. The van der Waals surface area contributed by atoms with Crippen molar-refractivity contribution in [3.05, 3.63) is 60.2 Å². The van der Waals surface area contributed by atoms with E-state index in [2.05, 4.69) is 25.4 Å². The Hall–Kier alpha value is -3.04. The number of hydrogen-bond acceptors (Lipinski definition) is 6. The van der Waals surface area contributed by atoms with Crippen LogP contribution in [-0.2, 0) is 9.59 Å². The molecule has 2 heterocycles. The maximum atomic E-state index is 13.2. The minimum absolute atomic E-state index is 0.0995. The van der Waals surface area contributed by atoms with Gasteiger partial charge < -0.3 is 20.4 Å². The van der Waals surface area contributed by atoms with Crippen LogP contribution in [0.1, 0.15) is 11.6 Å². The summed E-state index contributed by atoms with van der Waals surface area (Å²) in [5.74, 6) is -1.51. The Morgan fingerprint density at radius 1 is 1.06 bits per heavy atom. The molecule has 2 amide bonds. The smallest absolute Gasteiger partial charge is 0.309 e. The van der Waals surface area contributed by atoms with Crippen molar-refractivity contribution in [2.24, 2.45) is 0 Å². The molecular weight excluding hydrogens is 411 g/mol. The molecule has 1 aromatic heterocycles. The van der Waals surface area contributed by atoms with Crippen molar-refractivity contribution in [1.29, 1.82) is 0 Å². The van der Waals surface area contributed by atoms with Gasteiger partial charge in [-0.1, -0.05) is 6.07 Å². The Kier molecular flexibility index (Phi) is 8.52. The van der Waals surface area contributed by atoms with E-state index >= 15 is 0 Å². The summed E-state index contributed by atoms with van der Waals surface area (Å²) >= 11 is 0. The molecule has 172 valence electrons. The number of carbonyl (C=O) groups is 2. The maximum Gasteiger partial charge on any atom is 0.309 e. The van der Waals surface area contributed by atoms with Gasteiger partial charge in [0.2, 0.25) is 0 Å². The average molecular weight is 443 g/mol. The summed E-state index contributed by atoms with van der Waals surface area (Å²) in [5, 5.41) is 5.41. The fraction of sp³-hybridized carbons (Fsp3) is 0.435. The highest BCUT2D eigenvalue weighted by molar-refractivity contribution is 6.35. The predicted octanol–water partition coefficient (Wildman–Crippen LogP) is 0.878. The minimum atomic E-state index is -0.636. The normalized spacial score (nSPS) is 15.4. The summed E-state index contributed by atoms with van der Waals surface area (Å²) in [6, 6.07) is 10.3. The van der Waals surface area contributed by atoms with Gasteiger partial charge in [-0.3, -0.25) is 19.5 Å². The third kappa shape index (κ3) is 6.73. The largest absolute Gasteiger partial charge is 0.369 e. The minimum Gasteiger partial charge on any atom is -0.369 e. The number of aromatic nitrogens is 1. The number of amides is 2. The van der Waals surface area contributed by atoms with Gasteiger partial charge in [-0.05, 0) is 50.0 Å². The number of nitrogens with one attached hydrogen (secondary N) is 2. The summed E-state index contributed by atoms with van der Waals surface area (Å²) in [5.41, 5.74) is 1.97. The highest BCUT2D eigenvalue weighted by atomic mass is 19.1. The first-order chi connectivity index (χ1) is 15.4. The summed E-state index contributed by atoms with van der Waals surface area (Å²) in [4.78, 5) is 35.0. The first-order valence-corrected chi connectivity index (χ1v) is 10.8. The van der Waals surface area contributed by atoms with E-state index < -0.39 is 11.8 Å². The number of pyridine rings is 1. The average Bonchev–Trinajstić information content (AvgIpc) is 2.80. The lowest BCUT2D eigenvalue weighted by molar-refractivity contribution is -0.139. The molecule has 2 aromatic rings. The number of anilines is 1. The second-order valence-electron chi connectivity index (χ2n) is 8.07. The highest BCUT2D eigenvalue weighted by Gasteiger charge is 2.26. The van der Waals surface area contributed by atoms with Crippen molar-refractivity contribution in [2.75, 3.05) is 64.8 Å². The second-order valence-corrected chi connectivity index (χ2v) is 8.07. The van der Waals surface area contributed by atoms with Crippen molar-refractivity contribution in [3.8, 4) is 0 Å². The first kappa shape index (κ1) is 23.6. The van der Waals surface area contributed by atoms with Crippen LogP contribution in [0.5, 0.6) is 0 Å². The van der Waals surface area contributed by atoms with Gasteiger partial charge in [-0.25, -0.2) is 4.39 Å². The van der Waals surface area contributed by atoms with Crippen molar-refractivity contribution in [3.63, 3.8) is 0 Å². The molecule has 3 rings (SSSR count). The molecule has 8 nitrogen and oxygen atoms in total. The number of benzene rings is 1. The van der Waals surface area contributed by atoms with Crippen LogP contribution < -0.4 is 15.5 Å². The third-order valence-corrected chi connectivity index (χ3v) is 5.52. The molecule has 0 spiro atoms. The number of carbonyl (C=O) groups excluding carboxylic acids is 2. The molecule has 9 heteroatoms. The van der Waals surface area contributed by atoms with Gasteiger partial charge in [0, 0.05) is 63.9 Å². The molecule has 0 aliphatic carbocycles. The van der Waals surface area contributed by atoms with Crippen LogP contribution in [0.15, 0.2) is 48.8 Å². The molecule has 1 aliphatic heterocycles. The number of hydrogen-bond donors (Lipinski definition) is 2. The van der Waals surface area contributed by atoms with E-state index in [1.165, 1.54) is 12.1 Å². The monoisotopic (exact) mass is 442 g/mol. The Balaban J connectivity index is 1.59. The molecule has 2 N–H and O–H groups in total. The first-order valence-electron chi connectivity index (χ1n) is 10.8. The zero-order valence-corrected chi connectivity index (χ0v) is 18.6. The summed E-state index contributed by atoms with van der Waals surface area (Å²) in [6.45, 7) is 4.47. The molecule has 1 atom stereocenters. The van der Waals surface area contributed by atoms with Crippen LogP contribution in [-0.4, -0.2) is 86.5 Å². The van der Waals surface area contributed by atoms with Crippen LogP contribution in [0, 0.1) is 5.82 Å². The van der Waals surface area contributed by atoms with Gasteiger partial charge in [-0.2, -0.15) is 0 Å². The molecular formula is C23H31FN6O2. The van der Waals surface area contributed by atoms with Crippen molar-refractivity contribution in [1.82, 2.24) is 25.4 Å². The Morgan fingerprint density at radius 3 is 2.38 bits per heavy atom. The van der Waals surface area contributed by atoms with Crippen molar-refractivity contribution < 1.29 is 14.0 Å². The number of rotatable bonds is 8. The summed E-state index contributed by atoms with van der Waals surface area (Å²) < 4.78 is 13.2. The molecule has 1 aliphatic rings. The summed E-state index contributed by atoms with van der Waals surface area (Å²) in [7, 11) is 3.81. The second kappa shape index (κ2) is 11.5. The quantitative estimate of drug-likeness (QED) is 0.591. The van der Waals surface area contributed by atoms with E-state index in [1.54, 1.807) is 24.5 Å². The number of nitrogens with zero attached hydrogens (tertiary/aromatic N) is 4. The van der Waals surface area contributed by atoms with Gasteiger partial charge in [0.05, 0.1) is 6.04 Å². The van der Waals surface area contributed by atoms with Gasteiger partial charge in [0.1, 0.15) is 5.82 Å². The van der Waals surface area contributed by atoms with Gasteiger partial charge in [0.25, 0.3) is 0 Å². The van der Waals surface area contributed by atoms with Crippen LogP contribution in [0.2, 0.25) is 0 Å². The van der Waals surface area contributed by atoms with Crippen LogP contribution in [0.3, 0.4) is 0 Å². The summed E-state index contributed by atoms with van der Waals surface area (Å²) in [6.07, 6.45) is 3.50. The fourth-order valence-electron chi connectivity index (χ4n) is 3.72. The Morgan fingerprint density at radius 2 is 1.75 bits per heavy atom. The molecule has 0 saturated carbocycles. The maximum absolute atomic E-state index is 13.2. The van der Waals surface area contributed by atoms with Crippen LogP contribution >= 0.6 is 0 Å². The Labute approximate surface area is 188 Å². The molecule has 1 saturated heterocycles. The van der Waals surface area contributed by atoms with E-state index in [0.717, 1.165) is 37.4 Å². The SMILES string of the molecule is CN(C)CCNC(=O)C(=O)NC[C@@H](c1cccnc1)N1CCN(c2ccc(F)cc2)CC1.